The fourth-order valence-corrected chi connectivity index (χ4v) is 25.5. The zero-order chi connectivity index (χ0) is 99.6. The van der Waals surface area contributed by atoms with Crippen molar-refractivity contribution in [2.45, 2.75) is 77.0 Å². The van der Waals surface area contributed by atoms with Gasteiger partial charge in [0.05, 0.1) is 89.4 Å². The number of hydrogen-bond donors (Lipinski definition) is 0. The summed E-state index contributed by atoms with van der Waals surface area (Å²) < 4.78 is 16.1. The van der Waals surface area contributed by atoms with Crippen LogP contribution in [0.4, 0.5) is 0 Å². The van der Waals surface area contributed by atoms with Crippen LogP contribution >= 0.6 is 0 Å². The molecule has 11 heteroatoms. The second kappa shape index (κ2) is 33.0. The molecule has 0 fully saturated rings. The normalized spacial score (nSPS) is 13.9. The van der Waals surface area contributed by atoms with Crippen LogP contribution in [0, 0.1) is 0 Å². The van der Waals surface area contributed by atoms with Crippen molar-refractivity contribution in [3.05, 3.63) is 494 Å². The van der Waals surface area contributed by atoms with Crippen LogP contribution in [-0.2, 0) is 21.7 Å². The second-order valence-electron chi connectivity index (χ2n) is 42.2. The van der Waals surface area contributed by atoms with Gasteiger partial charge in [0, 0.05) is 143 Å². The number of aromatic nitrogens is 10. The van der Waals surface area contributed by atoms with Gasteiger partial charge in [0.1, 0.15) is 11.2 Å². The molecule has 31 rings (SSSR count). The average Bonchev–Trinajstić information content (AvgIpc) is 1.53. The summed E-state index contributed by atoms with van der Waals surface area (Å²) in [5, 5.41) is 12.1. The number of hydrogen-bond acceptors (Lipinski definition) is 7. The standard InChI is InChI=1S/C49H34N4.C46H35N3.C43H29N3O/c1-49(2)39-25-12-9-23-37(39)44-45(31-16-5-3-6-17-31)50-48(51-47(44)49)32-18-15-21-34(30-32)53-40-26-13-10-22-35(40)36-28-29-42-43(46(36)53)38-24-11-14-27-41(38)52(42)33-19-7-4-8-20-33;1-45(2)35-22-11-8-20-33(35)39-37(45)26-25-32-31-19-10-13-24-38(31)49(42(32)39)30-18-14-17-29(27-30)44-47-41(28-15-6-5-7-16-28)40-34-21-9-12-23-36(34)46(3,4)43(40)48-44;1-43(2)32-20-10-6-17-29(32)38-39(26-14-4-3-5-15-26)44-42(45-41(38)43)30-18-8-12-22-34(30)46-33-21-11-7-16-27(33)28-24-25-36-37(40(28)46)31-19-9-13-23-35(31)47-36/h3-30H,1-2H3;5-27H,1-4H3;3-25H,1-2H3. The lowest BCUT2D eigenvalue weighted by atomic mass is 9.82. The minimum Gasteiger partial charge on any atom is -0.456 e. The molecule has 0 saturated heterocycles. The molecule has 4 aliphatic carbocycles. The summed E-state index contributed by atoms with van der Waals surface area (Å²) in [5.74, 6) is 2.20. The van der Waals surface area contributed by atoms with E-state index in [4.69, 9.17) is 34.3 Å². The van der Waals surface area contributed by atoms with Gasteiger partial charge in [-0.05, 0) is 147 Å². The molecule has 0 radical (unpaired) electrons. The Kier molecular flexibility index (Phi) is 19.3. The average molecular weight is 1910 g/mol. The van der Waals surface area contributed by atoms with Gasteiger partial charge < -0.3 is 22.7 Å². The van der Waals surface area contributed by atoms with E-state index in [2.05, 4.69) is 510 Å². The van der Waals surface area contributed by atoms with Crippen molar-refractivity contribution in [2.24, 2.45) is 0 Å². The maximum atomic E-state index is 6.39. The molecular formula is C138H98N10O. The maximum absolute atomic E-state index is 6.39. The van der Waals surface area contributed by atoms with E-state index in [1.807, 2.05) is 12.1 Å². The molecule has 0 unspecified atom stereocenters. The molecule has 8 heterocycles. The first kappa shape index (κ1) is 87.0. The number of fused-ring (bicyclic) bond motifs is 30. The number of nitrogens with zero attached hydrogens (tertiary/aromatic N) is 10. The molecule has 706 valence electrons. The highest BCUT2D eigenvalue weighted by Crippen LogP contribution is 2.59. The van der Waals surface area contributed by atoms with Gasteiger partial charge in [-0.3, -0.25) is 0 Å². The van der Waals surface area contributed by atoms with Gasteiger partial charge in [-0.15, -0.1) is 0 Å². The van der Waals surface area contributed by atoms with Crippen LogP contribution < -0.4 is 0 Å². The third kappa shape index (κ3) is 13.0. The van der Waals surface area contributed by atoms with Gasteiger partial charge in [-0.2, -0.15) is 0 Å². The largest absolute Gasteiger partial charge is 0.456 e. The summed E-state index contributed by atoms with van der Waals surface area (Å²) in [6, 6.07) is 160. The summed E-state index contributed by atoms with van der Waals surface area (Å²) in [7, 11) is 0. The summed E-state index contributed by atoms with van der Waals surface area (Å²) in [4.78, 5) is 32.5. The molecule has 11 nitrogen and oxygen atoms in total. The van der Waals surface area contributed by atoms with E-state index in [9.17, 15) is 0 Å². The predicted molar refractivity (Wildman–Crippen MR) is 614 cm³/mol. The first-order valence-electron chi connectivity index (χ1n) is 51.6. The lowest BCUT2D eigenvalue weighted by Gasteiger charge is -2.22. The molecule has 0 saturated carbocycles. The molecule has 27 aromatic rings. The highest BCUT2D eigenvalue weighted by Gasteiger charge is 2.45. The Labute approximate surface area is 861 Å². The molecule has 8 aromatic heterocycles. The molecule has 0 amide bonds. The molecular weight excluding hydrogens is 1810 g/mol. The fraction of sp³-hybridized carbons (Fsp3) is 0.0870. The van der Waals surface area contributed by atoms with Crippen molar-refractivity contribution in [1.82, 2.24) is 48.2 Å². The van der Waals surface area contributed by atoms with E-state index < -0.39 is 0 Å². The summed E-state index contributed by atoms with van der Waals surface area (Å²) in [5.41, 5.74) is 43.4. The van der Waals surface area contributed by atoms with Gasteiger partial charge in [0.15, 0.2) is 17.5 Å². The third-order valence-electron chi connectivity index (χ3n) is 32.4. The monoisotopic (exact) mass is 1910 g/mol. The van der Waals surface area contributed by atoms with Gasteiger partial charge >= 0.3 is 0 Å². The third-order valence-corrected chi connectivity index (χ3v) is 32.4. The lowest BCUT2D eigenvalue weighted by Crippen LogP contribution is -2.17. The van der Waals surface area contributed by atoms with E-state index in [0.29, 0.717) is 5.82 Å². The molecule has 0 atom stereocenters. The first-order chi connectivity index (χ1) is 73.0. The Balaban J connectivity index is 0.000000105. The van der Waals surface area contributed by atoms with Gasteiger partial charge in [0.25, 0.3) is 0 Å². The highest BCUT2D eigenvalue weighted by atomic mass is 16.3. The topological polar surface area (TPSA) is 110 Å². The minimum atomic E-state index is -0.281. The SMILES string of the molecule is CC1(C)c2ccccc2-c2c(-c3ccccc3)nc(-c3cccc(-n4c5ccccc5c5ccc6c(c7ccccc7n6-c6ccccc6)c54)c3)nc21.CC1(C)c2ccccc2-c2c(-c3ccccc3)nc(-c3ccccc3-n3c4ccccc4c4ccc5oc6ccccc6c5c43)nc21.CC1(C)c2ccccc2-c2c1ccc1c3ccccc3n(-c3cccc(-c4nc(-c5ccccc5)c5c(n4)C(C)(C)c4ccccc4-5)c3)c21. The van der Waals surface area contributed by atoms with Crippen molar-refractivity contribution in [1.29, 1.82) is 0 Å². The molecule has 149 heavy (non-hydrogen) atoms. The summed E-state index contributed by atoms with van der Waals surface area (Å²) >= 11 is 0. The van der Waals surface area contributed by atoms with E-state index in [-0.39, 0.29) is 21.7 Å². The highest BCUT2D eigenvalue weighted by molar-refractivity contribution is 6.28. The van der Waals surface area contributed by atoms with Crippen LogP contribution in [0.25, 0.3) is 244 Å². The van der Waals surface area contributed by atoms with Crippen LogP contribution in [-0.4, -0.2) is 48.2 Å². The molecule has 4 aliphatic rings. The number of benzene rings is 19. The molecule has 19 aromatic carbocycles. The van der Waals surface area contributed by atoms with E-state index >= 15 is 0 Å². The Morgan fingerprint density at radius 2 is 0.537 bits per heavy atom. The van der Waals surface area contributed by atoms with Crippen LogP contribution in [0.1, 0.15) is 100 Å². The first-order valence-corrected chi connectivity index (χ1v) is 51.6. The van der Waals surface area contributed by atoms with Crippen molar-refractivity contribution in [2.75, 3.05) is 0 Å². The van der Waals surface area contributed by atoms with Crippen LogP contribution in [0.2, 0.25) is 0 Å². The van der Waals surface area contributed by atoms with Crippen LogP contribution in [0.15, 0.2) is 453 Å². The second-order valence-corrected chi connectivity index (χ2v) is 42.2. The van der Waals surface area contributed by atoms with Gasteiger partial charge in [-0.25, -0.2) is 29.9 Å². The van der Waals surface area contributed by atoms with E-state index in [1.54, 1.807) is 0 Å². The Hall–Kier alpha value is -18.6. The molecule has 0 bridgehead atoms. The Morgan fingerprint density at radius 1 is 0.195 bits per heavy atom. The van der Waals surface area contributed by atoms with Crippen molar-refractivity contribution < 1.29 is 4.42 Å². The van der Waals surface area contributed by atoms with Crippen LogP contribution in [0.5, 0.6) is 0 Å². The molecule has 0 N–H and O–H groups in total. The number of para-hydroxylation sites is 7. The predicted octanol–water partition coefficient (Wildman–Crippen LogP) is 34.9. The van der Waals surface area contributed by atoms with Crippen molar-refractivity contribution >= 4 is 109 Å². The van der Waals surface area contributed by atoms with E-state index in [0.717, 1.165) is 152 Å². The van der Waals surface area contributed by atoms with E-state index in [1.165, 1.54) is 132 Å². The smallest absolute Gasteiger partial charge is 0.162 e. The number of furan rings is 1. The Morgan fingerprint density at radius 3 is 1.03 bits per heavy atom. The molecule has 0 aliphatic heterocycles. The lowest BCUT2D eigenvalue weighted by molar-refractivity contribution is 0.636. The van der Waals surface area contributed by atoms with Crippen LogP contribution in [0.3, 0.4) is 0 Å². The summed E-state index contributed by atoms with van der Waals surface area (Å²) in [6.07, 6.45) is 0. The summed E-state index contributed by atoms with van der Waals surface area (Å²) in [6.45, 7) is 18.4. The van der Waals surface area contributed by atoms with Gasteiger partial charge in [0.2, 0.25) is 0 Å². The molecule has 0 spiro atoms. The van der Waals surface area contributed by atoms with Gasteiger partial charge in [-0.1, -0.05) is 407 Å². The zero-order valence-corrected chi connectivity index (χ0v) is 83.6. The maximum Gasteiger partial charge on any atom is 0.162 e. The fourth-order valence-electron chi connectivity index (χ4n) is 25.5. The zero-order valence-electron chi connectivity index (χ0n) is 83.6. The van der Waals surface area contributed by atoms with Crippen molar-refractivity contribution in [3.63, 3.8) is 0 Å². The van der Waals surface area contributed by atoms with Crippen molar-refractivity contribution in [3.8, 4) is 135 Å². The number of rotatable bonds is 10. The minimum absolute atomic E-state index is 0.0836. The quantitative estimate of drug-likeness (QED) is 0.134. The Bertz CT molecular complexity index is 10300.